The third-order valence-corrected chi connectivity index (χ3v) is 7.11. The molecule has 1 saturated heterocycles. The molecule has 2 aliphatic rings. The first-order valence-electron chi connectivity index (χ1n) is 9.89. The zero-order chi connectivity index (χ0) is 20.1. The molecule has 0 unspecified atom stereocenters. The van der Waals surface area contributed by atoms with Gasteiger partial charge in [-0.25, -0.2) is 4.98 Å². The lowest BCUT2D eigenvalue weighted by Gasteiger charge is -2.24. The molecular formula is C21H22N4O3S. The second kappa shape index (κ2) is 7.03. The molecule has 29 heavy (non-hydrogen) atoms. The van der Waals surface area contributed by atoms with Crippen LogP contribution < -0.4 is 0 Å². The van der Waals surface area contributed by atoms with Crippen molar-refractivity contribution >= 4 is 17.2 Å². The maximum atomic E-state index is 12.3. The minimum atomic E-state index is -0.0234. The van der Waals surface area contributed by atoms with Gasteiger partial charge < -0.3 is 14.5 Å². The standard InChI is InChI=1S/C21H22N4O3S/c1-11(2)16-10-22-21(29-16)20-23-19(24-28-20)14-5-3-4-13-15(14)8-12-9-17(27)25(6-7-26)18(12)13/h3-5,10-12,18,26H,6-9H2,1-2H3/t12-,18+/m0/s1. The number of hydrogen-bond acceptors (Lipinski definition) is 7. The zero-order valence-electron chi connectivity index (χ0n) is 16.3. The SMILES string of the molecule is CC(C)c1cnc(-c2nc(-c3cccc4c3C[C@H]3CC(=O)N(CCO)[C@@H]43)no2)s1. The van der Waals surface area contributed by atoms with E-state index >= 15 is 0 Å². The van der Waals surface area contributed by atoms with Crippen LogP contribution in [0, 0.1) is 5.92 Å². The van der Waals surface area contributed by atoms with Crippen molar-refractivity contribution < 1.29 is 14.4 Å². The molecule has 3 aromatic rings. The van der Waals surface area contributed by atoms with E-state index in [2.05, 4.69) is 35.0 Å². The summed E-state index contributed by atoms with van der Waals surface area (Å²) >= 11 is 1.57. The van der Waals surface area contributed by atoms with Crippen molar-refractivity contribution in [3.05, 3.63) is 40.4 Å². The number of fused-ring (bicyclic) bond motifs is 3. The van der Waals surface area contributed by atoms with Crippen LogP contribution in [-0.4, -0.2) is 44.2 Å². The van der Waals surface area contributed by atoms with E-state index in [-0.39, 0.29) is 24.5 Å². The topological polar surface area (TPSA) is 92.4 Å². The van der Waals surface area contributed by atoms with Crippen molar-refractivity contribution in [2.45, 2.75) is 38.6 Å². The Morgan fingerprint density at radius 3 is 2.97 bits per heavy atom. The number of amides is 1. The van der Waals surface area contributed by atoms with Crippen molar-refractivity contribution in [1.82, 2.24) is 20.0 Å². The van der Waals surface area contributed by atoms with E-state index in [1.807, 2.05) is 23.2 Å². The second-order valence-electron chi connectivity index (χ2n) is 7.94. The monoisotopic (exact) mass is 410 g/mol. The van der Waals surface area contributed by atoms with Crippen LogP contribution in [-0.2, 0) is 11.2 Å². The fourth-order valence-corrected chi connectivity index (χ4v) is 5.33. The van der Waals surface area contributed by atoms with Crippen molar-refractivity contribution in [2.75, 3.05) is 13.2 Å². The van der Waals surface area contributed by atoms with Gasteiger partial charge in [0.1, 0.15) is 0 Å². The first kappa shape index (κ1) is 18.4. The first-order valence-corrected chi connectivity index (χ1v) is 10.7. The Balaban J connectivity index is 1.49. The molecule has 0 spiro atoms. The Hall–Kier alpha value is -2.58. The molecule has 2 atom stereocenters. The molecule has 0 bridgehead atoms. The Bertz CT molecular complexity index is 1070. The molecule has 1 aromatic carbocycles. The van der Waals surface area contributed by atoms with Gasteiger partial charge in [-0.1, -0.05) is 37.2 Å². The maximum Gasteiger partial charge on any atom is 0.287 e. The van der Waals surface area contributed by atoms with Gasteiger partial charge in [0.25, 0.3) is 5.89 Å². The summed E-state index contributed by atoms with van der Waals surface area (Å²) in [6, 6.07) is 6.09. The summed E-state index contributed by atoms with van der Waals surface area (Å²) < 4.78 is 5.52. The molecule has 1 N–H and O–H groups in total. The number of benzene rings is 1. The van der Waals surface area contributed by atoms with Crippen LogP contribution in [0.25, 0.3) is 22.3 Å². The van der Waals surface area contributed by atoms with Crippen LogP contribution in [0.2, 0.25) is 0 Å². The lowest BCUT2D eigenvalue weighted by molar-refractivity contribution is -0.129. The van der Waals surface area contributed by atoms with Crippen LogP contribution >= 0.6 is 11.3 Å². The molecule has 5 rings (SSSR count). The molecule has 0 saturated carbocycles. The highest BCUT2D eigenvalue weighted by Crippen LogP contribution is 2.49. The quantitative estimate of drug-likeness (QED) is 0.693. The number of β-amino-alcohol motifs (C(OH)–C–C–N with tert-alkyl or cyclic N) is 1. The maximum absolute atomic E-state index is 12.3. The average molecular weight is 410 g/mol. The lowest BCUT2D eigenvalue weighted by atomic mass is 10.0. The van der Waals surface area contributed by atoms with E-state index in [0.29, 0.717) is 30.6 Å². The smallest absolute Gasteiger partial charge is 0.287 e. The number of carbonyl (C=O) groups is 1. The summed E-state index contributed by atoms with van der Waals surface area (Å²) in [5, 5.41) is 14.3. The fourth-order valence-electron chi connectivity index (χ4n) is 4.49. The number of likely N-dealkylation sites (tertiary alicyclic amines) is 1. The van der Waals surface area contributed by atoms with Crippen LogP contribution in [0.1, 0.15) is 48.2 Å². The highest BCUT2D eigenvalue weighted by atomic mass is 32.1. The summed E-state index contributed by atoms with van der Waals surface area (Å²) in [5.41, 5.74) is 3.26. The zero-order valence-corrected chi connectivity index (χ0v) is 17.1. The van der Waals surface area contributed by atoms with Crippen LogP contribution in [0.4, 0.5) is 0 Å². The van der Waals surface area contributed by atoms with Gasteiger partial charge in [-0.3, -0.25) is 4.79 Å². The Kier molecular flexibility index (Phi) is 4.48. The number of nitrogens with zero attached hydrogens (tertiary/aromatic N) is 4. The highest BCUT2D eigenvalue weighted by Gasteiger charge is 2.46. The second-order valence-corrected chi connectivity index (χ2v) is 9.01. The van der Waals surface area contributed by atoms with Gasteiger partial charge in [-0.05, 0) is 29.4 Å². The van der Waals surface area contributed by atoms with Crippen LogP contribution in [0.15, 0.2) is 28.9 Å². The number of aliphatic hydroxyl groups excluding tert-OH is 1. The molecule has 1 aliphatic heterocycles. The number of rotatable bonds is 5. The van der Waals surface area contributed by atoms with Crippen LogP contribution in [0.3, 0.4) is 0 Å². The van der Waals surface area contributed by atoms with E-state index in [0.717, 1.165) is 22.6 Å². The van der Waals surface area contributed by atoms with Crippen molar-refractivity contribution in [3.63, 3.8) is 0 Å². The predicted molar refractivity (Wildman–Crippen MR) is 108 cm³/mol. The van der Waals surface area contributed by atoms with E-state index in [1.54, 1.807) is 11.3 Å². The van der Waals surface area contributed by atoms with Gasteiger partial charge in [0, 0.05) is 29.6 Å². The molecule has 1 fully saturated rings. The van der Waals surface area contributed by atoms with Crippen molar-refractivity contribution in [3.8, 4) is 22.3 Å². The van der Waals surface area contributed by atoms with E-state index in [4.69, 9.17) is 4.52 Å². The molecule has 8 heteroatoms. The summed E-state index contributed by atoms with van der Waals surface area (Å²) in [6.07, 6.45) is 3.19. The van der Waals surface area contributed by atoms with Gasteiger partial charge in [-0.15, -0.1) is 11.3 Å². The lowest BCUT2D eigenvalue weighted by Crippen LogP contribution is -2.30. The predicted octanol–water partition coefficient (Wildman–Crippen LogP) is 3.42. The van der Waals surface area contributed by atoms with Gasteiger partial charge in [-0.2, -0.15) is 4.98 Å². The van der Waals surface area contributed by atoms with Crippen molar-refractivity contribution in [2.24, 2.45) is 5.92 Å². The fraction of sp³-hybridized carbons (Fsp3) is 0.429. The summed E-state index contributed by atoms with van der Waals surface area (Å²) in [7, 11) is 0. The third-order valence-electron chi connectivity index (χ3n) is 5.82. The van der Waals surface area contributed by atoms with E-state index < -0.39 is 0 Å². The average Bonchev–Trinajstić information content (AvgIpc) is 3.45. The molecule has 1 amide bonds. The largest absolute Gasteiger partial charge is 0.395 e. The van der Waals surface area contributed by atoms with Gasteiger partial charge >= 0.3 is 0 Å². The minimum Gasteiger partial charge on any atom is -0.395 e. The Morgan fingerprint density at radius 1 is 1.34 bits per heavy atom. The summed E-state index contributed by atoms with van der Waals surface area (Å²) in [4.78, 5) is 24.4. The van der Waals surface area contributed by atoms with E-state index in [1.165, 1.54) is 10.4 Å². The van der Waals surface area contributed by atoms with Crippen LogP contribution in [0.5, 0.6) is 0 Å². The highest BCUT2D eigenvalue weighted by molar-refractivity contribution is 7.15. The van der Waals surface area contributed by atoms with Gasteiger partial charge in [0.2, 0.25) is 11.7 Å². The summed E-state index contributed by atoms with van der Waals surface area (Å²) in [5.74, 6) is 1.76. The number of carbonyl (C=O) groups excluding carboxylic acids is 1. The Labute approximate surface area is 172 Å². The molecule has 0 radical (unpaired) electrons. The molecule has 150 valence electrons. The molecule has 2 aromatic heterocycles. The summed E-state index contributed by atoms with van der Waals surface area (Å²) in [6.45, 7) is 4.61. The molecule has 7 nitrogen and oxygen atoms in total. The minimum absolute atomic E-state index is 0.0234. The first-order chi connectivity index (χ1) is 14.1. The molecule has 1 aliphatic carbocycles. The molecule has 3 heterocycles. The number of thiazole rings is 1. The number of hydrogen-bond donors (Lipinski definition) is 1. The van der Waals surface area contributed by atoms with E-state index in [9.17, 15) is 9.90 Å². The van der Waals surface area contributed by atoms with Gasteiger partial charge in [0.15, 0.2) is 5.01 Å². The van der Waals surface area contributed by atoms with Crippen molar-refractivity contribution in [1.29, 1.82) is 0 Å². The number of aliphatic hydroxyl groups is 1. The third kappa shape index (κ3) is 2.98. The molecular weight excluding hydrogens is 388 g/mol. The number of aromatic nitrogens is 3. The van der Waals surface area contributed by atoms with Gasteiger partial charge in [0.05, 0.1) is 12.6 Å². The Morgan fingerprint density at radius 2 is 2.21 bits per heavy atom. The normalized spacial score (nSPS) is 20.6.